The molecule has 0 aliphatic carbocycles. The van der Waals surface area contributed by atoms with Crippen LogP contribution in [0.4, 0.5) is 0 Å². The van der Waals surface area contributed by atoms with Gasteiger partial charge in [-0.15, -0.1) is 0 Å². The lowest BCUT2D eigenvalue weighted by Gasteiger charge is -2.17. The Labute approximate surface area is 113 Å². The molecule has 0 bridgehead atoms. The van der Waals surface area contributed by atoms with Crippen molar-refractivity contribution in [1.82, 2.24) is 25.2 Å². The van der Waals surface area contributed by atoms with E-state index in [0.29, 0.717) is 0 Å². The Kier molecular flexibility index (Phi) is 5.26. The van der Waals surface area contributed by atoms with Gasteiger partial charge in [0.2, 0.25) is 0 Å². The number of hydrogen-bond donors (Lipinski definition) is 2. The Morgan fingerprint density at radius 1 is 1.37 bits per heavy atom. The third-order valence-electron chi connectivity index (χ3n) is 3.01. The molecule has 2 rings (SSSR count). The molecule has 0 aliphatic heterocycles. The van der Waals surface area contributed by atoms with Gasteiger partial charge >= 0.3 is 0 Å². The van der Waals surface area contributed by atoms with Crippen molar-refractivity contribution in [3.63, 3.8) is 0 Å². The largest absolute Gasteiger partial charge is 0.383 e. The maximum absolute atomic E-state index is 4.99. The van der Waals surface area contributed by atoms with E-state index in [-0.39, 0.29) is 0 Å². The molecule has 2 aromatic heterocycles. The van der Waals surface area contributed by atoms with Crippen LogP contribution in [-0.4, -0.2) is 60.3 Å². The first-order chi connectivity index (χ1) is 9.31. The molecule has 0 radical (unpaired) electrons. The fourth-order valence-corrected chi connectivity index (χ4v) is 1.97. The van der Waals surface area contributed by atoms with Crippen LogP contribution >= 0.6 is 0 Å². The average Bonchev–Trinajstić information content (AvgIpc) is 2.88. The zero-order valence-electron chi connectivity index (χ0n) is 11.5. The van der Waals surface area contributed by atoms with E-state index in [1.165, 1.54) is 5.56 Å². The Morgan fingerprint density at radius 3 is 3.11 bits per heavy atom. The van der Waals surface area contributed by atoms with Crippen LogP contribution < -0.4 is 5.32 Å². The van der Waals surface area contributed by atoms with Gasteiger partial charge in [0.15, 0.2) is 5.65 Å². The van der Waals surface area contributed by atoms with Crippen molar-refractivity contribution in [2.45, 2.75) is 6.54 Å². The molecule has 0 atom stereocenters. The molecule has 19 heavy (non-hydrogen) atoms. The Balaban J connectivity index is 1.81. The highest BCUT2D eigenvalue weighted by Gasteiger charge is 2.06. The minimum absolute atomic E-state index is 0.753. The number of nitrogens with zero attached hydrogens (tertiary/aromatic N) is 3. The van der Waals surface area contributed by atoms with Crippen LogP contribution in [0.2, 0.25) is 0 Å². The van der Waals surface area contributed by atoms with Crippen molar-refractivity contribution < 1.29 is 4.74 Å². The summed E-state index contributed by atoms with van der Waals surface area (Å²) in [6, 6.07) is 2.04. The molecular formula is C13H21N5O. The molecule has 2 N–H and O–H groups in total. The fourth-order valence-electron chi connectivity index (χ4n) is 1.97. The smallest absolute Gasteiger partial charge is 0.177 e. The zero-order valence-corrected chi connectivity index (χ0v) is 11.5. The van der Waals surface area contributed by atoms with Gasteiger partial charge in [0, 0.05) is 39.5 Å². The number of imidazole rings is 1. The molecule has 6 nitrogen and oxygen atoms in total. The molecule has 0 aromatic carbocycles. The molecule has 6 heteroatoms. The maximum Gasteiger partial charge on any atom is 0.177 e. The van der Waals surface area contributed by atoms with Gasteiger partial charge in [-0.2, -0.15) is 0 Å². The van der Waals surface area contributed by atoms with Crippen LogP contribution in [-0.2, 0) is 11.3 Å². The van der Waals surface area contributed by atoms with E-state index in [2.05, 4.69) is 32.2 Å². The third kappa shape index (κ3) is 3.99. The summed E-state index contributed by atoms with van der Waals surface area (Å²) < 4.78 is 4.99. The molecule has 0 saturated carbocycles. The van der Waals surface area contributed by atoms with Crippen molar-refractivity contribution >= 4 is 11.2 Å². The van der Waals surface area contributed by atoms with Gasteiger partial charge in [0.1, 0.15) is 0 Å². The zero-order chi connectivity index (χ0) is 13.5. The number of ether oxygens (including phenoxy) is 1. The van der Waals surface area contributed by atoms with Crippen LogP contribution in [0, 0.1) is 0 Å². The van der Waals surface area contributed by atoms with Crippen molar-refractivity contribution in [1.29, 1.82) is 0 Å². The number of aromatic nitrogens is 3. The Hall–Kier alpha value is -1.50. The lowest BCUT2D eigenvalue weighted by atomic mass is 10.2. The summed E-state index contributed by atoms with van der Waals surface area (Å²) in [6.45, 7) is 4.47. The second kappa shape index (κ2) is 7.18. The normalized spacial score (nSPS) is 11.5. The van der Waals surface area contributed by atoms with Gasteiger partial charge in [-0.1, -0.05) is 0 Å². The molecule has 104 valence electrons. The highest BCUT2D eigenvalue weighted by Crippen LogP contribution is 2.13. The Bertz CT molecular complexity index is 498. The number of aromatic amines is 1. The summed E-state index contributed by atoms with van der Waals surface area (Å²) in [4.78, 5) is 13.8. The second-order valence-electron chi connectivity index (χ2n) is 4.55. The first-order valence-electron chi connectivity index (χ1n) is 6.46. The quantitative estimate of drug-likeness (QED) is 0.684. The van der Waals surface area contributed by atoms with E-state index >= 15 is 0 Å². The average molecular weight is 263 g/mol. The van der Waals surface area contributed by atoms with Crippen LogP contribution in [0.25, 0.3) is 11.2 Å². The van der Waals surface area contributed by atoms with Crippen LogP contribution in [0.15, 0.2) is 18.6 Å². The number of rotatable bonds is 8. The predicted molar refractivity (Wildman–Crippen MR) is 75.0 cm³/mol. The molecule has 0 unspecified atom stereocenters. The molecule has 0 saturated heterocycles. The Morgan fingerprint density at radius 2 is 2.26 bits per heavy atom. The van der Waals surface area contributed by atoms with Gasteiger partial charge in [0.25, 0.3) is 0 Å². The molecule has 2 heterocycles. The van der Waals surface area contributed by atoms with E-state index in [1.54, 1.807) is 13.4 Å². The van der Waals surface area contributed by atoms with E-state index in [9.17, 15) is 0 Å². The van der Waals surface area contributed by atoms with E-state index < -0.39 is 0 Å². The number of likely N-dealkylation sites (N-methyl/N-ethyl adjacent to an activating group) is 1. The maximum atomic E-state index is 4.99. The third-order valence-corrected chi connectivity index (χ3v) is 3.01. The van der Waals surface area contributed by atoms with Gasteiger partial charge in [-0.3, -0.25) is 0 Å². The monoisotopic (exact) mass is 263 g/mol. The minimum atomic E-state index is 0.753. The summed E-state index contributed by atoms with van der Waals surface area (Å²) in [5, 5.41) is 3.34. The highest BCUT2D eigenvalue weighted by molar-refractivity contribution is 5.73. The number of pyridine rings is 1. The summed E-state index contributed by atoms with van der Waals surface area (Å²) >= 11 is 0. The van der Waals surface area contributed by atoms with E-state index in [0.717, 1.165) is 43.9 Å². The highest BCUT2D eigenvalue weighted by atomic mass is 16.5. The standard InChI is InChI=1S/C13H21N5O/c1-18(7-5-14-6-8-19-2)9-11-3-4-15-13-12(11)16-10-17-13/h3-4,10,14H,5-9H2,1-2H3,(H,15,16,17). The van der Waals surface area contributed by atoms with Crippen LogP contribution in [0.1, 0.15) is 5.56 Å². The lowest BCUT2D eigenvalue weighted by molar-refractivity contribution is 0.197. The SMILES string of the molecule is COCCNCCN(C)Cc1ccnc2nc[nH]c12. The molecule has 0 fully saturated rings. The van der Waals surface area contributed by atoms with Crippen molar-refractivity contribution in [3.8, 4) is 0 Å². The van der Waals surface area contributed by atoms with E-state index in [1.807, 2.05) is 12.3 Å². The van der Waals surface area contributed by atoms with Gasteiger partial charge in [0.05, 0.1) is 18.5 Å². The summed E-state index contributed by atoms with van der Waals surface area (Å²) in [5.41, 5.74) is 3.03. The number of fused-ring (bicyclic) bond motifs is 1. The fraction of sp³-hybridized carbons (Fsp3) is 0.538. The van der Waals surface area contributed by atoms with Crippen LogP contribution in [0.5, 0.6) is 0 Å². The molecule has 2 aromatic rings. The molecular weight excluding hydrogens is 242 g/mol. The number of nitrogens with one attached hydrogen (secondary N) is 2. The number of methoxy groups -OCH3 is 1. The molecule has 0 amide bonds. The topological polar surface area (TPSA) is 66.1 Å². The molecule has 0 aliphatic rings. The second-order valence-corrected chi connectivity index (χ2v) is 4.55. The van der Waals surface area contributed by atoms with Gasteiger partial charge in [-0.05, 0) is 18.7 Å². The summed E-state index contributed by atoms with van der Waals surface area (Å²) in [7, 11) is 3.83. The lowest BCUT2D eigenvalue weighted by Crippen LogP contribution is -2.30. The van der Waals surface area contributed by atoms with Crippen LogP contribution in [0.3, 0.4) is 0 Å². The summed E-state index contributed by atoms with van der Waals surface area (Å²) in [5.74, 6) is 0. The first-order valence-corrected chi connectivity index (χ1v) is 6.46. The van der Waals surface area contributed by atoms with Gasteiger partial charge in [-0.25, -0.2) is 9.97 Å². The van der Waals surface area contributed by atoms with Gasteiger partial charge < -0.3 is 19.9 Å². The summed E-state index contributed by atoms with van der Waals surface area (Å²) in [6.07, 6.45) is 3.50. The predicted octanol–water partition coefficient (Wildman–Crippen LogP) is 0.626. The number of H-pyrrole nitrogens is 1. The number of hydrogen-bond acceptors (Lipinski definition) is 5. The van der Waals surface area contributed by atoms with Crippen molar-refractivity contribution in [2.75, 3.05) is 40.4 Å². The van der Waals surface area contributed by atoms with E-state index in [4.69, 9.17) is 4.74 Å². The molecule has 0 spiro atoms. The first kappa shape index (κ1) is 13.9. The minimum Gasteiger partial charge on any atom is -0.383 e. The van der Waals surface area contributed by atoms with Crippen molar-refractivity contribution in [3.05, 3.63) is 24.2 Å². The van der Waals surface area contributed by atoms with Crippen molar-refractivity contribution in [2.24, 2.45) is 0 Å².